The number of nitrogens with zero attached hydrogens (tertiary/aromatic N) is 1. The highest BCUT2D eigenvalue weighted by atomic mass is 16.4. The summed E-state index contributed by atoms with van der Waals surface area (Å²) in [6, 6.07) is 5.88. The van der Waals surface area contributed by atoms with Crippen LogP contribution in [0.3, 0.4) is 0 Å². The smallest absolute Gasteiger partial charge is 0.328 e. The first-order valence-corrected chi connectivity index (χ1v) is 12.8. The zero-order valence-corrected chi connectivity index (χ0v) is 20.7. The van der Waals surface area contributed by atoms with Gasteiger partial charge in [-0.1, -0.05) is 102 Å². The number of nitrogens with two attached hydrogens (primary N) is 1. The average Bonchev–Trinajstić information content (AvgIpc) is 2.81. The third-order valence-corrected chi connectivity index (χ3v) is 6.12. The number of hydrazine groups is 1. The van der Waals surface area contributed by atoms with Crippen LogP contribution >= 0.6 is 0 Å². The van der Waals surface area contributed by atoms with Crippen LogP contribution in [0.4, 0.5) is 0 Å². The van der Waals surface area contributed by atoms with E-state index in [0.717, 1.165) is 49.1 Å². The molecule has 0 saturated carbocycles. The van der Waals surface area contributed by atoms with E-state index in [-0.39, 0.29) is 24.5 Å². The van der Waals surface area contributed by atoms with Crippen molar-refractivity contribution in [3.63, 3.8) is 0 Å². The van der Waals surface area contributed by atoms with Crippen molar-refractivity contribution >= 4 is 17.7 Å². The van der Waals surface area contributed by atoms with Gasteiger partial charge in [-0.2, -0.15) is 0 Å². The molecule has 186 valence electrons. The summed E-state index contributed by atoms with van der Waals surface area (Å²) in [5.41, 5.74) is 1.38. The molecule has 0 radical (unpaired) electrons. The van der Waals surface area contributed by atoms with Crippen LogP contribution in [0.2, 0.25) is 0 Å². The van der Waals surface area contributed by atoms with Gasteiger partial charge in [0.2, 0.25) is 5.91 Å². The molecule has 6 nitrogen and oxygen atoms in total. The Morgan fingerprint density at radius 3 is 1.79 bits per heavy atom. The molecule has 1 unspecified atom stereocenters. The van der Waals surface area contributed by atoms with Crippen molar-refractivity contribution in [2.24, 2.45) is 5.84 Å². The minimum absolute atomic E-state index is 0.111. The van der Waals surface area contributed by atoms with Crippen molar-refractivity contribution in [3.8, 4) is 0 Å². The molecule has 6 heteroatoms. The van der Waals surface area contributed by atoms with E-state index in [1.165, 1.54) is 38.5 Å². The lowest BCUT2D eigenvalue weighted by Crippen LogP contribution is -2.50. The molecule has 1 rings (SSSR count). The fourth-order valence-corrected chi connectivity index (χ4v) is 3.92. The van der Waals surface area contributed by atoms with E-state index in [0.29, 0.717) is 12.0 Å². The van der Waals surface area contributed by atoms with Crippen molar-refractivity contribution in [1.29, 1.82) is 0 Å². The number of aliphatic carboxylic acids is 1. The number of rotatable bonds is 19. The summed E-state index contributed by atoms with van der Waals surface area (Å²) < 4.78 is 0. The Morgan fingerprint density at radius 2 is 1.27 bits per heavy atom. The maximum absolute atomic E-state index is 12.4. The lowest BCUT2D eigenvalue weighted by Gasteiger charge is -2.24. The second-order valence-corrected chi connectivity index (χ2v) is 9.01. The molecule has 0 heterocycles. The minimum atomic E-state index is -1.13. The van der Waals surface area contributed by atoms with Crippen LogP contribution in [0.5, 0.6) is 0 Å². The highest BCUT2D eigenvalue weighted by Crippen LogP contribution is 2.15. The molecule has 1 aromatic rings. The summed E-state index contributed by atoms with van der Waals surface area (Å²) in [4.78, 5) is 36.5. The van der Waals surface area contributed by atoms with Gasteiger partial charge in [0.15, 0.2) is 5.78 Å². The topological polar surface area (TPSA) is 101 Å². The third kappa shape index (κ3) is 12.0. The van der Waals surface area contributed by atoms with Gasteiger partial charge in [0.1, 0.15) is 6.04 Å². The molecular formula is C27H44N2O4. The lowest BCUT2D eigenvalue weighted by atomic mass is 9.99. The number of benzene rings is 1. The first-order chi connectivity index (χ1) is 15.9. The molecular weight excluding hydrogens is 416 g/mol. The second-order valence-electron chi connectivity index (χ2n) is 9.01. The van der Waals surface area contributed by atoms with Gasteiger partial charge in [0.25, 0.3) is 0 Å². The molecule has 0 fully saturated rings. The molecule has 3 N–H and O–H groups in total. The number of unbranched alkanes of at least 4 members (excludes halogenated alkanes) is 10. The SMILES string of the molecule is CCCCCCCCC(=O)c1ccc(CC(C(=O)O)N(N)C(=O)CCCCCCCC)cc1. The van der Waals surface area contributed by atoms with Gasteiger partial charge in [-0.05, 0) is 18.4 Å². The second kappa shape index (κ2) is 17.3. The summed E-state index contributed by atoms with van der Waals surface area (Å²) in [7, 11) is 0. The zero-order valence-electron chi connectivity index (χ0n) is 20.7. The summed E-state index contributed by atoms with van der Waals surface area (Å²) in [6.45, 7) is 4.34. The van der Waals surface area contributed by atoms with E-state index in [9.17, 15) is 19.5 Å². The van der Waals surface area contributed by atoms with Crippen molar-refractivity contribution in [2.45, 2.75) is 116 Å². The maximum Gasteiger partial charge on any atom is 0.328 e. The van der Waals surface area contributed by atoms with Crippen LogP contribution in [0.25, 0.3) is 0 Å². The number of hydrogen-bond acceptors (Lipinski definition) is 4. The monoisotopic (exact) mass is 460 g/mol. The Bertz CT molecular complexity index is 703. The van der Waals surface area contributed by atoms with Crippen molar-refractivity contribution < 1.29 is 19.5 Å². The van der Waals surface area contributed by atoms with E-state index in [2.05, 4.69) is 13.8 Å². The highest BCUT2D eigenvalue weighted by molar-refractivity contribution is 5.96. The van der Waals surface area contributed by atoms with Crippen LogP contribution in [0.1, 0.15) is 120 Å². The van der Waals surface area contributed by atoms with Crippen LogP contribution in [0, 0.1) is 0 Å². The molecule has 0 aromatic heterocycles. The number of carbonyl (C=O) groups is 3. The molecule has 0 bridgehead atoms. The molecule has 0 spiro atoms. The summed E-state index contributed by atoms with van der Waals surface area (Å²) >= 11 is 0. The largest absolute Gasteiger partial charge is 0.480 e. The van der Waals surface area contributed by atoms with Crippen LogP contribution in [-0.2, 0) is 16.0 Å². The standard InChI is InChI=1S/C27H44N2O4/c1-3-5-7-9-11-13-15-25(30)23-19-17-22(18-20-23)21-24(27(32)33)29(28)26(31)16-14-12-10-8-6-4-2/h17-20,24H,3-16,21,28H2,1-2H3,(H,32,33). The molecule has 1 aromatic carbocycles. The van der Waals surface area contributed by atoms with E-state index in [4.69, 9.17) is 5.84 Å². The molecule has 1 amide bonds. The molecule has 1 atom stereocenters. The number of amides is 1. The van der Waals surface area contributed by atoms with Gasteiger partial charge in [-0.3, -0.25) is 14.6 Å². The Kier molecular flexibility index (Phi) is 15.1. The highest BCUT2D eigenvalue weighted by Gasteiger charge is 2.27. The first-order valence-electron chi connectivity index (χ1n) is 12.8. The normalized spacial score (nSPS) is 11.8. The van der Waals surface area contributed by atoms with Gasteiger partial charge >= 0.3 is 5.97 Å². The van der Waals surface area contributed by atoms with Crippen molar-refractivity contribution in [1.82, 2.24) is 5.01 Å². The van der Waals surface area contributed by atoms with Gasteiger partial charge < -0.3 is 5.11 Å². The number of Topliss-reactive ketones (excluding diaryl/α,β-unsaturated/α-hetero) is 1. The fourth-order valence-electron chi connectivity index (χ4n) is 3.92. The van der Waals surface area contributed by atoms with Gasteiger partial charge in [-0.25, -0.2) is 10.6 Å². The molecule has 0 saturated heterocycles. The number of ketones is 1. The van der Waals surface area contributed by atoms with Gasteiger partial charge in [0, 0.05) is 24.8 Å². The number of carboxylic acids is 1. The van der Waals surface area contributed by atoms with E-state index >= 15 is 0 Å². The summed E-state index contributed by atoms with van der Waals surface area (Å²) in [5.74, 6) is 4.54. The molecule has 0 aliphatic carbocycles. The fraction of sp³-hybridized carbons (Fsp3) is 0.667. The maximum atomic E-state index is 12.4. The van der Waals surface area contributed by atoms with E-state index < -0.39 is 12.0 Å². The third-order valence-electron chi connectivity index (χ3n) is 6.12. The van der Waals surface area contributed by atoms with E-state index in [1.54, 1.807) is 24.3 Å². The van der Waals surface area contributed by atoms with E-state index in [1.807, 2.05) is 0 Å². The van der Waals surface area contributed by atoms with Crippen LogP contribution in [-0.4, -0.2) is 33.8 Å². The van der Waals surface area contributed by atoms with Crippen molar-refractivity contribution in [3.05, 3.63) is 35.4 Å². The van der Waals surface area contributed by atoms with Gasteiger partial charge in [0.05, 0.1) is 0 Å². The quantitative estimate of drug-likeness (QED) is 0.0858. The number of carbonyl (C=O) groups excluding carboxylic acids is 2. The number of hydrogen-bond donors (Lipinski definition) is 2. The predicted molar refractivity (Wildman–Crippen MR) is 133 cm³/mol. The first kappa shape index (κ1) is 28.8. The summed E-state index contributed by atoms with van der Waals surface area (Å²) in [6.07, 6.45) is 14.0. The Morgan fingerprint density at radius 1 is 0.788 bits per heavy atom. The Hall–Kier alpha value is -2.21. The Balaban J connectivity index is 2.51. The van der Waals surface area contributed by atoms with Crippen LogP contribution in [0.15, 0.2) is 24.3 Å². The molecule has 0 aliphatic rings. The zero-order chi connectivity index (χ0) is 24.5. The lowest BCUT2D eigenvalue weighted by molar-refractivity contribution is -0.150. The Labute approximate surface area is 199 Å². The van der Waals surface area contributed by atoms with Crippen molar-refractivity contribution in [2.75, 3.05) is 0 Å². The average molecular weight is 461 g/mol. The molecule has 33 heavy (non-hydrogen) atoms. The van der Waals surface area contributed by atoms with Crippen LogP contribution < -0.4 is 5.84 Å². The predicted octanol–water partition coefficient (Wildman–Crippen LogP) is 6.07. The van der Waals surface area contributed by atoms with Gasteiger partial charge in [-0.15, -0.1) is 0 Å². The minimum Gasteiger partial charge on any atom is -0.480 e. The summed E-state index contributed by atoms with van der Waals surface area (Å²) in [5, 5.41) is 10.5. The number of carboxylic acid groups (broad SMARTS) is 1. The molecule has 0 aliphatic heterocycles.